The van der Waals surface area contributed by atoms with Crippen LogP contribution in [0.3, 0.4) is 0 Å². The summed E-state index contributed by atoms with van der Waals surface area (Å²) in [6.45, 7) is 1.60. The highest BCUT2D eigenvalue weighted by molar-refractivity contribution is 5.76. The third kappa shape index (κ3) is 3.10. The molecule has 1 amide bonds. The third-order valence-corrected chi connectivity index (χ3v) is 5.17. The number of aliphatic hydroxyl groups is 1. The molecule has 2 aliphatic rings. The first-order valence-electron chi connectivity index (χ1n) is 8.04. The van der Waals surface area contributed by atoms with Gasteiger partial charge in [-0.05, 0) is 43.7 Å². The molecule has 0 radical (unpaired) electrons. The van der Waals surface area contributed by atoms with Gasteiger partial charge in [0.05, 0.1) is 6.10 Å². The number of hydrogen-bond acceptors (Lipinski definition) is 3. The van der Waals surface area contributed by atoms with Crippen LogP contribution < -0.4 is 0 Å². The van der Waals surface area contributed by atoms with Gasteiger partial charge in [0.2, 0.25) is 5.91 Å². The van der Waals surface area contributed by atoms with E-state index in [2.05, 4.69) is 4.98 Å². The zero-order valence-corrected chi connectivity index (χ0v) is 12.5. The lowest BCUT2D eigenvalue weighted by Crippen LogP contribution is -2.49. The van der Waals surface area contributed by atoms with E-state index in [-0.39, 0.29) is 17.4 Å². The van der Waals surface area contributed by atoms with Crippen molar-refractivity contribution in [3.63, 3.8) is 0 Å². The Morgan fingerprint density at radius 1 is 1.43 bits per heavy atom. The van der Waals surface area contributed by atoms with Crippen LogP contribution in [-0.2, 0) is 11.2 Å². The summed E-state index contributed by atoms with van der Waals surface area (Å²) in [5, 5.41) is 10.3. The van der Waals surface area contributed by atoms with Crippen molar-refractivity contribution < 1.29 is 9.90 Å². The quantitative estimate of drug-likeness (QED) is 0.927. The molecule has 0 aromatic carbocycles. The van der Waals surface area contributed by atoms with Gasteiger partial charge < -0.3 is 10.0 Å². The highest BCUT2D eigenvalue weighted by atomic mass is 16.3. The first-order valence-corrected chi connectivity index (χ1v) is 8.04. The second-order valence-electron chi connectivity index (χ2n) is 6.55. The number of aliphatic hydroxyl groups excluding tert-OH is 1. The second-order valence-corrected chi connectivity index (χ2v) is 6.55. The molecule has 114 valence electrons. The lowest BCUT2D eigenvalue weighted by molar-refractivity contribution is -0.136. The van der Waals surface area contributed by atoms with Crippen LogP contribution in [0.15, 0.2) is 24.5 Å². The lowest BCUT2D eigenvalue weighted by atomic mass is 9.76. The Balaban J connectivity index is 1.57. The van der Waals surface area contributed by atoms with Crippen molar-refractivity contribution in [2.75, 3.05) is 13.1 Å². The molecule has 1 N–H and O–H groups in total. The van der Waals surface area contributed by atoms with Crippen LogP contribution >= 0.6 is 0 Å². The number of pyridine rings is 1. The van der Waals surface area contributed by atoms with Crippen molar-refractivity contribution in [1.29, 1.82) is 0 Å². The van der Waals surface area contributed by atoms with Crippen LogP contribution in [0.4, 0.5) is 0 Å². The summed E-state index contributed by atoms with van der Waals surface area (Å²) < 4.78 is 0. The molecule has 1 aliphatic heterocycles. The fraction of sp³-hybridized carbons (Fsp3) is 0.647. The Morgan fingerprint density at radius 2 is 2.29 bits per heavy atom. The van der Waals surface area contributed by atoms with E-state index < -0.39 is 0 Å². The maximum atomic E-state index is 12.4. The Bertz CT molecular complexity index is 491. The maximum Gasteiger partial charge on any atom is 0.222 e. The van der Waals surface area contributed by atoms with E-state index in [1.165, 1.54) is 0 Å². The fourth-order valence-electron chi connectivity index (χ4n) is 3.92. The third-order valence-electron chi connectivity index (χ3n) is 5.17. The first kappa shape index (κ1) is 14.5. The predicted octanol–water partition coefficient (Wildman–Crippen LogP) is 2.17. The smallest absolute Gasteiger partial charge is 0.222 e. The van der Waals surface area contributed by atoms with Crippen LogP contribution in [0.2, 0.25) is 0 Å². The normalized spacial score (nSPS) is 29.0. The van der Waals surface area contributed by atoms with E-state index in [1.807, 2.05) is 23.2 Å². The van der Waals surface area contributed by atoms with Crippen molar-refractivity contribution >= 4 is 5.91 Å². The summed E-state index contributed by atoms with van der Waals surface area (Å²) in [7, 11) is 0. The average molecular weight is 288 g/mol. The number of rotatable bonds is 3. The van der Waals surface area contributed by atoms with Crippen LogP contribution in [0, 0.1) is 5.41 Å². The van der Waals surface area contributed by atoms with Gasteiger partial charge in [0.1, 0.15) is 0 Å². The number of aromatic nitrogens is 1. The number of likely N-dealkylation sites (tertiary alicyclic amines) is 1. The van der Waals surface area contributed by atoms with Gasteiger partial charge in [-0.25, -0.2) is 0 Å². The lowest BCUT2D eigenvalue weighted by Gasteiger charge is -2.42. The van der Waals surface area contributed by atoms with E-state index in [4.69, 9.17) is 0 Å². The monoisotopic (exact) mass is 288 g/mol. The van der Waals surface area contributed by atoms with E-state index in [9.17, 15) is 9.90 Å². The highest BCUT2D eigenvalue weighted by Crippen LogP contribution is 2.45. The molecule has 1 saturated heterocycles. The summed E-state index contributed by atoms with van der Waals surface area (Å²) in [6, 6.07) is 3.92. The number of piperidine rings is 1. The molecule has 3 rings (SSSR count). The van der Waals surface area contributed by atoms with Gasteiger partial charge >= 0.3 is 0 Å². The minimum absolute atomic E-state index is 0.0117. The summed E-state index contributed by atoms with van der Waals surface area (Å²) >= 11 is 0. The van der Waals surface area contributed by atoms with Gasteiger partial charge in [-0.1, -0.05) is 12.5 Å². The van der Waals surface area contributed by atoms with Gasteiger partial charge in [-0.2, -0.15) is 0 Å². The molecule has 2 fully saturated rings. The fourth-order valence-corrected chi connectivity index (χ4v) is 3.92. The first-order chi connectivity index (χ1) is 10.2. The zero-order chi connectivity index (χ0) is 14.7. The van der Waals surface area contributed by atoms with Gasteiger partial charge in [-0.15, -0.1) is 0 Å². The van der Waals surface area contributed by atoms with E-state index in [1.54, 1.807) is 6.20 Å². The molecule has 4 nitrogen and oxygen atoms in total. The molecule has 21 heavy (non-hydrogen) atoms. The number of carbonyl (C=O) groups excluding carboxylic acids is 1. The topological polar surface area (TPSA) is 53.4 Å². The van der Waals surface area contributed by atoms with Crippen molar-refractivity contribution in [2.24, 2.45) is 5.41 Å². The molecule has 0 unspecified atom stereocenters. The standard InChI is InChI=1S/C17H24N2O2/c20-15-5-1-8-17(15)9-3-11-19(13-17)16(21)7-6-14-4-2-10-18-12-14/h2,4,10,12,15,20H,1,3,5-9,11,13H2/t15-,17+/m1/s1. The molecular weight excluding hydrogens is 264 g/mol. The van der Waals surface area contributed by atoms with Gasteiger partial charge in [0.25, 0.3) is 0 Å². The van der Waals surface area contributed by atoms with Crippen molar-refractivity contribution in [1.82, 2.24) is 9.88 Å². The molecule has 2 heterocycles. The molecule has 1 aromatic heterocycles. The molecule has 0 bridgehead atoms. The Morgan fingerprint density at radius 3 is 3.00 bits per heavy atom. The van der Waals surface area contributed by atoms with Crippen LogP contribution in [0.5, 0.6) is 0 Å². The molecule has 2 atom stereocenters. The SMILES string of the molecule is O=C(CCc1cccnc1)N1CCC[C@@]2(CCC[C@H]2O)C1. The Hall–Kier alpha value is -1.42. The number of hydrogen-bond donors (Lipinski definition) is 1. The maximum absolute atomic E-state index is 12.4. The van der Waals surface area contributed by atoms with Crippen molar-refractivity contribution in [3.8, 4) is 0 Å². The summed E-state index contributed by atoms with van der Waals surface area (Å²) in [4.78, 5) is 18.5. The number of nitrogens with zero attached hydrogens (tertiary/aromatic N) is 2. The number of amides is 1. The number of carbonyl (C=O) groups is 1. The van der Waals surface area contributed by atoms with Crippen LogP contribution in [-0.4, -0.2) is 40.1 Å². The molecule has 4 heteroatoms. The summed E-state index contributed by atoms with van der Waals surface area (Å²) in [5.41, 5.74) is 1.10. The molecule has 1 aromatic rings. The van der Waals surface area contributed by atoms with E-state index in [0.29, 0.717) is 6.42 Å². The molecular formula is C17H24N2O2. The van der Waals surface area contributed by atoms with Crippen LogP contribution in [0.25, 0.3) is 0 Å². The van der Waals surface area contributed by atoms with Gasteiger partial charge in [0.15, 0.2) is 0 Å². The Kier molecular flexibility index (Phi) is 4.24. The van der Waals surface area contributed by atoms with Crippen LogP contribution in [0.1, 0.15) is 44.1 Å². The zero-order valence-electron chi connectivity index (χ0n) is 12.5. The Labute approximate surface area is 126 Å². The number of aryl methyl sites for hydroxylation is 1. The average Bonchev–Trinajstić information content (AvgIpc) is 2.86. The predicted molar refractivity (Wildman–Crippen MR) is 80.7 cm³/mol. The molecule has 1 spiro atoms. The minimum Gasteiger partial charge on any atom is -0.392 e. The molecule has 1 aliphatic carbocycles. The second kappa shape index (κ2) is 6.14. The highest BCUT2D eigenvalue weighted by Gasteiger charge is 2.45. The van der Waals surface area contributed by atoms with Gasteiger partial charge in [-0.3, -0.25) is 9.78 Å². The molecule has 1 saturated carbocycles. The van der Waals surface area contributed by atoms with Crippen molar-refractivity contribution in [2.45, 2.75) is 51.0 Å². The van der Waals surface area contributed by atoms with E-state index >= 15 is 0 Å². The largest absolute Gasteiger partial charge is 0.392 e. The van der Waals surface area contributed by atoms with E-state index in [0.717, 1.165) is 57.2 Å². The summed E-state index contributed by atoms with van der Waals surface area (Å²) in [6.07, 6.45) is 9.81. The van der Waals surface area contributed by atoms with Crippen molar-refractivity contribution in [3.05, 3.63) is 30.1 Å². The van der Waals surface area contributed by atoms with Gasteiger partial charge in [0, 0.05) is 37.3 Å². The summed E-state index contributed by atoms with van der Waals surface area (Å²) in [5.74, 6) is 0.219. The minimum atomic E-state index is -0.216.